The number of hydrogen-bond acceptors (Lipinski definition) is 8. The molecule has 1 saturated heterocycles. The number of benzene rings is 2. The average molecular weight is 687 g/mol. The molecule has 6 rings (SSSR count). The number of anilines is 2. The van der Waals surface area contributed by atoms with E-state index in [-0.39, 0.29) is 18.0 Å². The standard InChI is InChI=1S/C32H33F3N6O4S2/c1-18(38-32(42)43)17-37-27-15-20(9-12-36-27)30-29(39-31(46-30)19-10-13-41(14-11-19)22-6-7-22)23-3-2-4-25(28(23)35)40-47(44,45)26-16-21(33)5-8-24(26)34/h2-5,8-9,12,15-16,18-19,22,38,40H,6-7,10-11,13-14,17H2,1H3,(H,36,37)(H,42,43)/t18-/m0/s1. The third-order valence-electron chi connectivity index (χ3n) is 8.25. The molecule has 1 atom stereocenters. The van der Waals surface area contributed by atoms with Crippen molar-refractivity contribution >= 4 is 39.0 Å². The second-order valence-electron chi connectivity index (χ2n) is 11.8. The van der Waals surface area contributed by atoms with E-state index in [9.17, 15) is 22.0 Å². The molecule has 47 heavy (non-hydrogen) atoms. The summed E-state index contributed by atoms with van der Waals surface area (Å²) in [4.78, 5) is 22.5. The van der Waals surface area contributed by atoms with Crippen molar-refractivity contribution in [2.75, 3.05) is 29.7 Å². The minimum Gasteiger partial charge on any atom is -0.465 e. The maximum atomic E-state index is 16.3. The Bertz CT molecular complexity index is 1900. The number of nitrogens with zero attached hydrogens (tertiary/aromatic N) is 3. The molecule has 0 bridgehead atoms. The number of rotatable bonds is 11. The number of halogens is 3. The van der Waals surface area contributed by atoms with Crippen LogP contribution in [0.15, 0.2) is 59.6 Å². The predicted octanol–water partition coefficient (Wildman–Crippen LogP) is 6.50. The number of nitrogens with one attached hydrogen (secondary N) is 3. The van der Waals surface area contributed by atoms with E-state index in [1.165, 1.54) is 42.4 Å². The van der Waals surface area contributed by atoms with Gasteiger partial charge in [0.1, 0.15) is 22.3 Å². The molecule has 1 aliphatic heterocycles. The quantitative estimate of drug-likeness (QED) is 0.140. The summed E-state index contributed by atoms with van der Waals surface area (Å²) < 4.78 is 72.5. The number of amides is 1. The predicted molar refractivity (Wildman–Crippen MR) is 174 cm³/mol. The molecule has 2 aromatic carbocycles. The number of sulfonamides is 1. The second kappa shape index (κ2) is 13.5. The summed E-state index contributed by atoms with van der Waals surface area (Å²) in [5.41, 5.74) is 0.579. The Balaban J connectivity index is 1.35. The lowest BCUT2D eigenvalue weighted by molar-refractivity contribution is 0.191. The van der Waals surface area contributed by atoms with E-state index in [0.717, 1.165) is 37.0 Å². The van der Waals surface area contributed by atoms with Crippen molar-refractivity contribution in [1.82, 2.24) is 20.2 Å². The van der Waals surface area contributed by atoms with Crippen LogP contribution in [-0.2, 0) is 10.0 Å². The Hall–Kier alpha value is -4.21. The molecule has 2 aromatic heterocycles. The van der Waals surface area contributed by atoms with Crippen molar-refractivity contribution in [2.45, 2.75) is 55.5 Å². The van der Waals surface area contributed by atoms with E-state index in [2.05, 4.69) is 25.2 Å². The number of pyridine rings is 1. The van der Waals surface area contributed by atoms with Crippen LogP contribution in [0.3, 0.4) is 0 Å². The van der Waals surface area contributed by atoms with Crippen molar-refractivity contribution in [3.63, 3.8) is 0 Å². The monoisotopic (exact) mass is 686 g/mol. The minimum atomic E-state index is -4.68. The normalized spacial score (nSPS) is 16.5. The van der Waals surface area contributed by atoms with Gasteiger partial charge < -0.3 is 20.6 Å². The molecule has 3 heterocycles. The largest absolute Gasteiger partial charge is 0.465 e. The molecule has 0 spiro atoms. The topological polar surface area (TPSA) is 137 Å². The zero-order chi connectivity index (χ0) is 33.3. The van der Waals surface area contributed by atoms with Crippen LogP contribution in [0.1, 0.15) is 43.5 Å². The summed E-state index contributed by atoms with van der Waals surface area (Å²) in [7, 11) is -4.68. The zero-order valence-corrected chi connectivity index (χ0v) is 27.0. The zero-order valence-electron chi connectivity index (χ0n) is 25.3. The third-order valence-corrected chi connectivity index (χ3v) is 10.9. The highest BCUT2D eigenvalue weighted by Crippen LogP contribution is 2.44. The molecule has 0 unspecified atom stereocenters. The van der Waals surface area contributed by atoms with Gasteiger partial charge in [-0.15, -0.1) is 11.3 Å². The SMILES string of the molecule is C[C@@H](CNc1cc(-c2sc(C3CCN(C4CC4)CC3)nc2-c2cccc(NS(=O)(=O)c3cc(F)ccc3F)c2F)ccn1)NC(=O)O. The molecular weight excluding hydrogens is 654 g/mol. The van der Waals surface area contributed by atoms with Crippen LogP contribution in [0.25, 0.3) is 21.7 Å². The van der Waals surface area contributed by atoms with Crippen LogP contribution in [-0.4, -0.2) is 66.2 Å². The molecule has 4 N–H and O–H groups in total. The average Bonchev–Trinajstić information content (AvgIpc) is 3.80. The lowest BCUT2D eigenvalue weighted by atomic mass is 9.97. The number of hydrogen-bond donors (Lipinski definition) is 4. The Kier molecular flexibility index (Phi) is 9.39. The first kappa shape index (κ1) is 32.7. The third kappa shape index (κ3) is 7.52. The molecule has 1 amide bonds. The summed E-state index contributed by atoms with van der Waals surface area (Å²) in [6.07, 6.45) is 4.71. The lowest BCUT2D eigenvalue weighted by Crippen LogP contribution is -2.36. The van der Waals surface area contributed by atoms with Crippen LogP contribution in [0.4, 0.5) is 29.5 Å². The van der Waals surface area contributed by atoms with Gasteiger partial charge in [-0.25, -0.2) is 36.4 Å². The van der Waals surface area contributed by atoms with Gasteiger partial charge in [-0.1, -0.05) is 6.07 Å². The van der Waals surface area contributed by atoms with E-state index < -0.39 is 50.2 Å². The Morgan fingerprint density at radius 1 is 1.09 bits per heavy atom. The molecule has 2 fully saturated rings. The van der Waals surface area contributed by atoms with Crippen LogP contribution >= 0.6 is 11.3 Å². The first-order valence-electron chi connectivity index (χ1n) is 15.2. The second-order valence-corrected chi connectivity index (χ2v) is 14.5. The lowest BCUT2D eigenvalue weighted by Gasteiger charge is -2.30. The molecule has 0 radical (unpaired) electrons. The Morgan fingerprint density at radius 3 is 2.57 bits per heavy atom. The van der Waals surface area contributed by atoms with E-state index >= 15 is 4.39 Å². The van der Waals surface area contributed by atoms with Crippen LogP contribution in [0.2, 0.25) is 0 Å². The number of piperidine rings is 1. The molecule has 10 nitrogen and oxygen atoms in total. The highest BCUT2D eigenvalue weighted by Gasteiger charge is 2.34. The van der Waals surface area contributed by atoms with Crippen LogP contribution in [0, 0.1) is 17.5 Å². The van der Waals surface area contributed by atoms with Crippen LogP contribution in [0.5, 0.6) is 0 Å². The number of aromatic nitrogens is 2. The molecule has 2 aliphatic rings. The highest BCUT2D eigenvalue weighted by atomic mass is 32.2. The molecule has 248 valence electrons. The number of carboxylic acid groups (broad SMARTS) is 1. The van der Waals surface area contributed by atoms with Crippen LogP contribution < -0.4 is 15.4 Å². The van der Waals surface area contributed by atoms with Gasteiger partial charge in [-0.05, 0) is 93.7 Å². The molecular formula is C32H33F3N6O4S2. The van der Waals surface area contributed by atoms with Gasteiger partial charge in [0.05, 0.1) is 21.3 Å². The molecule has 15 heteroatoms. The highest BCUT2D eigenvalue weighted by molar-refractivity contribution is 7.92. The van der Waals surface area contributed by atoms with E-state index in [4.69, 9.17) is 10.1 Å². The summed E-state index contributed by atoms with van der Waals surface area (Å²) in [6, 6.07) is 9.97. The number of thiazole rings is 1. The van der Waals surface area contributed by atoms with Gasteiger partial charge >= 0.3 is 6.09 Å². The maximum Gasteiger partial charge on any atom is 0.404 e. The maximum absolute atomic E-state index is 16.3. The van der Waals surface area contributed by atoms with Crippen molar-refractivity contribution in [1.29, 1.82) is 0 Å². The number of carbonyl (C=O) groups is 1. The van der Waals surface area contributed by atoms with Crippen molar-refractivity contribution < 1.29 is 31.5 Å². The smallest absolute Gasteiger partial charge is 0.404 e. The van der Waals surface area contributed by atoms with Gasteiger partial charge in [0.2, 0.25) is 0 Å². The molecule has 4 aromatic rings. The number of likely N-dealkylation sites (tertiary alicyclic amines) is 1. The van der Waals surface area contributed by atoms with Gasteiger partial charge in [0.25, 0.3) is 10.0 Å². The van der Waals surface area contributed by atoms with Crippen molar-refractivity contribution in [2.24, 2.45) is 0 Å². The first-order chi connectivity index (χ1) is 22.5. The van der Waals surface area contributed by atoms with Gasteiger partial charge in [0, 0.05) is 36.3 Å². The summed E-state index contributed by atoms with van der Waals surface area (Å²) >= 11 is 1.44. The Labute approximate surface area is 274 Å². The molecule has 1 saturated carbocycles. The summed E-state index contributed by atoms with van der Waals surface area (Å²) in [5.74, 6) is -2.42. The van der Waals surface area contributed by atoms with E-state index in [1.54, 1.807) is 25.3 Å². The van der Waals surface area contributed by atoms with Crippen molar-refractivity contribution in [3.8, 4) is 21.7 Å². The van der Waals surface area contributed by atoms with E-state index in [0.29, 0.717) is 40.1 Å². The van der Waals surface area contributed by atoms with Crippen molar-refractivity contribution in [3.05, 3.63) is 77.2 Å². The Morgan fingerprint density at radius 2 is 1.85 bits per heavy atom. The molecule has 1 aliphatic carbocycles. The van der Waals surface area contributed by atoms with Gasteiger partial charge in [0.15, 0.2) is 5.82 Å². The van der Waals surface area contributed by atoms with E-state index in [1.807, 2.05) is 0 Å². The fourth-order valence-electron chi connectivity index (χ4n) is 5.71. The fourth-order valence-corrected chi connectivity index (χ4v) is 8.10. The van der Waals surface area contributed by atoms with Gasteiger partial charge in [-0.3, -0.25) is 4.72 Å². The summed E-state index contributed by atoms with van der Waals surface area (Å²) in [6.45, 7) is 3.88. The summed E-state index contributed by atoms with van der Waals surface area (Å²) in [5, 5.41) is 15.3. The first-order valence-corrected chi connectivity index (χ1v) is 17.5. The van der Waals surface area contributed by atoms with Gasteiger partial charge in [-0.2, -0.15) is 0 Å². The fraction of sp³-hybridized carbons (Fsp3) is 0.344. The minimum absolute atomic E-state index is 0.0310.